The Bertz CT molecular complexity index is 1830. The monoisotopic (exact) mass is 566 g/mol. The summed E-state index contributed by atoms with van der Waals surface area (Å²) in [6, 6.07) is 20.0. The van der Waals surface area contributed by atoms with Gasteiger partial charge in [0.1, 0.15) is 17.2 Å². The second-order valence-corrected chi connectivity index (χ2v) is 11.1. The number of carbonyl (C=O) groups is 1. The van der Waals surface area contributed by atoms with Gasteiger partial charge >= 0.3 is 0 Å². The zero-order valence-electron chi connectivity index (χ0n) is 21.8. The number of para-hydroxylation sites is 1. The largest absolute Gasteiger partial charge is 0.338 e. The molecule has 10 heteroatoms. The summed E-state index contributed by atoms with van der Waals surface area (Å²) in [7, 11) is 0. The fraction of sp³-hybridized carbons (Fsp3) is 0.194. The standard InChI is InChI=1S/C31H24F2N6OS/c32-21-12-8-18(9-13-21)16-20-4-3-6-24-27(20)38-39(29(24)19-10-14-22(33)15-11-19)26(40)17-41-31-35-30-28(36-37-31)23-5-1-2-7-25(23)34-30/h1-2,5,7-16,24,29H,3-4,6,17H2,(H,34,35,37). The lowest BCUT2D eigenvalue weighted by Gasteiger charge is -2.29. The molecule has 1 saturated carbocycles. The smallest absolute Gasteiger partial charge is 0.253 e. The molecule has 2 atom stereocenters. The Morgan fingerprint density at radius 2 is 1.76 bits per heavy atom. The van der Waals surface area contributed by atoms with Gasteiger partial charge in [-0.05, 0) is 72.4 Å². The molecule has 2 unspecified atom stereocenters. The SMILES string of the molecule is O=C(CSc1nnc2c(n1)[nH]c1ccccc12)N1N=C2C(=Cc3ccc(F)cc3)CCCC2C1c1ccc(F)cc1. The molecule has 204 valence electrons. The van der Waals surface area contributed by atoms with Gasteiger partial charge in [0, 0.05) is 16.8 Å². The van der Waals surface area contributed by atoms with E-state index in [9.17, 15) is 13.6 Å². The summed E-state index contributed by atoms with van der Waals surface area (Å²) in [6.07, 6.45) is 4.60. The van der Waals surface area contributed by atoms with Crippen LogP contribution in [0.3, 0.4) is 0 Å². The zero-order valence-corrected chi connectivity index (χ0v) is 22.6. The molecule has 2 aromatic heterocycles. The first-order valence-electron chi connectivity index (χ1n) is 13.4. The molecule has 7 nitrogen and oxygen atoms in total. The van der Waals surface area contributed by atoms with Crippen molar-refractivity contribution in [1.82, 2.24) is 25.2 Å². The molecule has 7 rings (SSSR count). The van der Waals surface area contributed by atoms with Gasteiger partial charge in [0.15, 0.2) is 5.65 Å². The molecule has 0 radical (unpaired) electrons. The number of halogens is 2. The number of carbonyl (C=O) groups excluding carboxylic acids is 1. The van der Waals surface area contributed by atoms with Crippen LogP contribution in [0.4, 0.5) is 8.78 Å². The number of thioether (sulfide) groups is 1. The van der Waals surface area contributed by atoms with E-state index in [1.807, 2.05) is 30.3 Å². The highest BCUT2D eigenvalue weighted by atomic mass is 32.2. The summed E-state index contributed by atoms with van der Waals surface area (Å²) in [5.41, 5.74) is 5.80. The van der Waals surface area contributed by atoms with Gasteiger partial charge in [-0.3, -0.25) is 4.79 Å². The Kier molecular flexibility index (Phi) is 6.54. The van der Waals surface area contributed by atoms with E-state index in [1.165, 1.54) is 36.0 Å². The third-order valence-corrected chi connectivity index (χ3v) is 8.43. The Labute approximate surface area is 238 Å². The molecular weight excluding hydrogens is 542 g/mol. The van der Waals surface area contributed by atoms with Gasteiger partial charge in [-0.25, -0.2) is 18.8 Å². The topological polar surface area (TPSA) is 87.1 Å². The maximum atomic E-state index is 13.8. The molecule has 0 spiro atoms. The Morgan fingerprint density at radius 3 is 2.56 bits per heavy atom. The van der Waals surface area contributed by atoms with Crippen LogP contribution in [0.1, 0.15) is 36.4 Å². The number of hydrogen-bond donors (Lipinski definition) is 1. The lowest BCUT2D eigenvalue weighted by molar-refractivity contribution is -0.130. The number of benzene rings is 3. The highest BCUT2D eigenvalue weighted by Crippen LogP contribution is 2.44. The number of aromatic amines is 1. The summed E-state index contributed by atoms with van der Waals surface area (Å²) in [4.78, 5) is 21.5. The molecule has 0 bridgehead atoms. The van der Waals surface area contributed by atoms with Crippen molar-refractivity contribution in [3.8, 4) is 0 Å². The van der Waals surface area contributed by atoms with E-state index in [-0.39, 0.29) is 35.3 Å². The van der Waals surface area contributed by atoms with Crippen LogP contribution >= 0.6 is 11.8 Å². The van der Waals surface area contributed by atoms with Crippen LogP contribution in [0, 0.1) is 17.6 Å². The number of nitrogens with zero attached hydrogens (tertiary/aromatic N) is 5. The van der Waals surface area contributed by atoms with Crippen LogP contribution in [-0.4, -0.2) is 42.5 Å². The highest BCUT2D eigenvalue weighted by molar-refractivity contribution is 7.99. The van der Waals surface area contributed by atoms with Crippen molar-refractivity contribution in [2.75, 3.05) is 5.75 Å². The van der Waals surface area contributed by atoms with E-state index in [0.717, 1.165) is 52.6 Å². The number of allylic oxidation sites excluding steroid dienone is 1. The quantitative estimate of drug-likeness (QED) is 0.239. The number of hydrogen-bond acceptors (Lipinski definition) is 6. The van der Waals surface area contributed by atoms with Crippen molar-refractivity contribution in [3.63, 3.8) is 0 Å². The third kappa shape index (κ3) is 4.88. The first kappa shape index (κ1) is 25.5. The van der Waals surface area contributed by atoms with Gasteiger partial charge in [0.2, 0.25) is 5.16 Å². The lowest BCUT2D eigenvalue weighted by Crippen LogP contribution is -2.32. The van der Waals surface area contributed by atoms with Crippen molar-refractivity contribution in [3.05, 3.63) is 101 Å². The minimum Gasteiger partial charge on any atom is -0.338 e. The van der Waals surface area contributed by atoms with Crippen LogP contribution in [0.5, 0.6) is 0 Å². The highest BCUT2D eigenvalue weighted by Gasteiger charge is 2.43. The molecule has 1 aliphatic heterocycles. The minimum absolute atomic E-state index is 0.0320. The first-order chi connectivity index (χ1) is 20.0. The number of hydrazone groups is 1. The van der Waals surface area contributed by atoms with Crippen molar-refractivity contribution in [2.45, 2.75) is 30.5 Å². The van der Waals surface area contributed by atoms with Crippen LogP contribution < -0.4 is 0 Å². The molecule has 41 heavy (non-hydrogen) atoms. The maximum absolute atomic E-state index is 13.8. The van der Waals surface area contributed by atoms with E-state index >= 15 is 0 Å². The normalized spacial score (nSPS) is 19.6. The van der Waals surface area contributed by atoms with E-state index in [0.29, 0.717) is 16.3 Å². The summed E-state index contributed by atoms with van der Waals surface area (Å²) >= 11 is 1.20. The molecular formula is C31H24F2N6OS. The number of nitrogens with one attached hydrogen (secondary N) is 1. The lowest BCUT2D eigenvalue weighted by atomic mass is 9.77. The zero-order chi connectivity index (χ0) is 27.9. The fourth-order valence-electron chi connectivity index (χ4n) is 5.72. The van der Waals surface area contributed by atoms with Gasteiger partial charge in [0.05, 0.1) is 17.5 Å². The number of amides is 1. The predicted molar refractivity (Wildman–Crippen MR) is 155 cm³/mol. The predicted octanol–water partition coefficient (Wildman–Crippen LogP) is 6.70. The van der Waals surface area contributed by atoms with Crippen LogP contribution in [0.2, 0.25) is 0 Å². The molecule has 3 aromatic carbocycles. The number of fused-ring (bicyclic) bond motifs is 4. The molecule has 5 aromatic rings. The van der Waals surface area contributed by atoms with E-state index < -0.39 is 0 Å². The van der Waals surface area contributed by atoms with Gasteiger partial charge in [-0.15, -0.1) is 10.2 Å². The molecule has 1 amide bonds. The Morgan fingerprint density at radius 1 is 1.00 bits per heavy atom. The Hall–Kier alpha value is -4.44. The van der Waals surface area contributed by atoms with Crippen LogP contribution in [0.15, 0.2) is 88.6 Å². The summed E-state index contributed by atoms with van der Waals surface area (Å²) in [5.74, 6) is -0.798. The van der Waals surface area contributed by atoms with E-state index in [4.69, 9.17) is 5.10 Å². The molecule has 0 saturated heterocycles. The third-order valence-electron chi connectivity index (χ3n) is 7.61. The molecule has 1 N–H and O–H groups in total. The van der Waals surface area contributed by atoms with Crippen LogP contribution in [0.25, 0.3) is 28.1 Å². The van der Waals surface area contributed by atoms with Crippen molar-refractivity contribution < 1.29 is 13.6 Å². The number of aromatic nitrogens is 4. The van der Waals surface area contributed by atoms with Crippen molar-refractivity contribution in [2.24, 2.45) is 11.0 Å². The second-order valence-electron chi connectivity index (χ2n) is 10.2. The molecule has 1 aliphatic carbocycles. The van der Waals surface area contributed by atoms with Gasteiger partial charge in [0.25, 0.3) is 5.91 Å². The van der Waals surface area contributed by atoms with Crippen molar-refractivity contribution in [1.29, 1.82) is 0 Å². The number of rotatable bonds is 5. The molecule has 2 aliphatic rings. The van der Waals surface area contributed by atoms with E-state index in [2.05, 4.69) is 20.2 Å². The van der Waals surface area contributed by atoms with Gasteiger partial charge in [-0.2, -0.15) is 5.10 Å². The summed E-state index contributed by atoms with van der Waals surface area (Å²) in [6.45, 7) is 0. The average Bonchev–Trinajstić information content (AvgIpc) is 3.57. The fourth-order valence-corrected chi connectivity index (χ4v) is 6.36. The molecule has 3 heterocycles. The average molecular weight is 567 g/mol. The van der Waals surface area contributed by atoms with Crippen molar-refractivity contribution >= 4 is 51.5 Å². The minimum atomic E-state index is -0.356. The van der Waals surface area contributed by atoms with E-state index in [1.54, 1.807) is 29.3 Å². The maximum Gasteiger partial charge on any atom is 0.253 e. The first-order valence-corrected chi connectivity index (χ1v) is 14.4. The molecule has 1 fully saturated rings. The van der Waals surface area contributed by atoms with Gasteiger partial charge in [-0.1, -0.05) is 54.2 Å². The number of H-pyrrole nitrogens is 1. The van der Waals surface area contributed by atoms with Gasteiger partial charge < -0.3 is 4.98 Å². The summed E-state index contributed by atoms with van der Waals surface area (Å²) in [5, 5.41) is 16.3. The second kappa shape index (κ2) is 10.5. The van der Waals surface area contributed by atoms with Crippen LogP contribution in [-0.2, 0) is 4.79 Å². The summed E-state index contributed by atoms with van der Waals surface area (Å²) < 4.78 is 27.3. The Balaban J connectivity index is 1.18.